The maximum Gasteiger partial charge on any atom is 0.261 e. The van der Waals surface area contributed by atoms with Crippen molar-refractivity contribution in [3.63, 3.8) is 0 Å². The maximum absolute atomic E-state index is 13.2. The van der Waals surface area contributed by atoms with Gasteiger partial charge in [-0.25, -0.2) is 0 Å². The topological polar surface area (TPSA) is 94.8 Å². The van der Waals surface area contributed by atoms with Crippen LogP contribution >= 0.6 is 0 Å². The van der Waals surface area contributed by atoms with Crippen molar-refractivity contribution >= 4 is 5.91 Å². The Morgan fingerprint density at radius 2 is 1.64 bits per heavy atom. The molecule has 0 unspecified atom stereocenters. The van der Waals surface area contributed by atoms with E-state index in [2.05, 4.69) is 20.4 Å². The van der Waals surface area contributed by atoms with Gasteiger partial charge < -0.3 is 19.1 Å². The highest BCUT2D eigenvalue weighted by Crippen LogP contribution is 2.30. The number of tetrazole rings is 1. The van der Waals surface area contributed by atoms with Crippen LogP contribution < -0.4 is 14.2 Å². The average molecular weight is 453 g/mol. The van der Waals surface area contributed by atoms with Crippen LogP contribution in [0.5, 0.6) is 17.2 Å². The lowest BCUT2D eigenvalue weighted by atomic mass is 10.1. The number of carbonyl (C=O) groups is 1. The highest BCUT2D eigenvalue weighted by molar-refractivity contribution is 5.99. The van der Waals surface area contributed by atoms with Crippen LogP contribution in [0.4, 0.5) is 0 Å². The number of nitrogens with zero attached hydrogens (tertiary/aromatic N) is 6. The van der Waals surface area contributed by atoms with E-state index in [0.717, 1.165) is 17.3 Å². The summed E-state index contributed by atoms with van der Waals surface area (Å²) in [6.07, 6.45) is 0. The smallest absolute Gasteiger partial charge is 0.261 e. The highest BCUT2D eigenvalue weighted by Gasteiger charge is 2.27. The summed E-state index contributed by atoms with van der Waals surface area (Å²) in [5, 5.41) is 12.2. The average Bonchev–Trinajstić information content (AvgIpc) is 3.32. The van der Waals surface area contributed by atoms with Crippen LogP contribution in [-0.4, -0.2) is 82.9 Å². The van der Waals surface area contributed by atoms with Gasteiger partial charge in [0.05, 0.1) is 33.1 Å². The largest absolute Gasteiger partial charge is 0.496 e. The first kappa shape index (κ1) is 22.5. The molecular formula is C23H28N6O4. The Hall–Kier alpha value is -3.66. The van der Waals surface area contributed by atoms with Crippen LogP contribution in [0.2, 0.25) is 0 Å². The van der Waals surface area contributed by atoms with Crippen molar-refractivity contribution in [2.45, 2.75) is 13.5 Å². The quantitative estimate of drug-likeness (QED) is 0.513. The molecule has 2 heterocycles. The van der Waals surface area contributed by atoms with Crippen LogP contribution in [0.25, 0.3) is 5.69 Å². The minimum atomic E-state index is -0.0943. The van der Waals surface area contributed by atoms with Gasteiger partial charge in [0.15, 0.2) is 5.82 Å². The molecule has 10 nitrogen and oxygen atoms in total. The summed E-state index contributed by atoms with van der Waals surface area (Å²) in [5.74, 6) is 2.48. The summed E-state index contributed by atoms with van der Waals surface area (Å²) in [7, 11) is 3.11. The molecular weight excluding hydrogens is 424 g/mol. The number of ether oxygens (including phenoxy) is 3. The summed E-state index contributed by atoms with van der Waals surface area (Å²) in [5.41, 5.74) is 1.32. The first-order chi connectivity index (χ1) is 16.1. The SMILES string of the molecule is CCOc1ccc(-n2nnnc2CN2CCN(C(=O)c3c(OC)cccc3OC)CC2)cc1. The number of aromatic nitrogens is 4. The highest BCUT2D eigenvalue weighted by atomic mass is 16.5. The van der Waals surface area contributed by atoms with Crippen molar-refractivity contribution in [1.82, 2.24) is 30.0 Å². The fourth-order valence-electron chi connectivity index (χ4n) is 3.88. The molecule has 10 heteroatoms. The summed E-state index contributed by atoms with van der Waals surface area (Å²) >= 11 is 0. The summed E-state index contributed by atoms with van der Waals surface area (Å²) < 4.78 is 18.0. The van der Waals surface area contributed by atoms with Gasteiger partial charge in [0, 0.05) is 26.2 Å². The molecule has 33 heavy (non-hydrogen) atoms. The van der Waals surface area contributed by atoms with Crippen LogP contribution in [0.1, 0.15) is 23.1 Å². The molecule has 0 aliphatic carbocycles. The second-order valence-corrected chi connectivity index (χ2v) is 7.54. The molecule has 1 aliphatic heterocycles. The van der Waals surface area contributed by atoms with Gasteiger partial charge in [-0.3, -0.25) is 9.69 Å². The van der Waals surface area contributed by atoms with Crippen molar-refractivity contribution < 1.29 is 19.0 Å². The molecule has 3 aromatic rings. The fraction of sp³-hybridized carbons (Fsp3) is 0.391. The number of hydrogen-bond donors (Lipinski definition) is 0. The molecule has 0 radical (unpaired) electrons. The predicted molar refractivity (Wildman–Crippen MR) is 121 cm³/mol. The summed E-state index contributed by atoms with van der Waals surface area (Å²) in [4.78, 5) is 17.3. The molecule has 1 aliphatic rings. The molecule has 1 fully saturated rings. The lowest BCUT2D eigenvalue weighted by Gasteiger charge is -2.34. The van der Waals surface area contributed by atoms with E-state index < -0.39 is 0 Å². The third kappa shape index (κ3) is 4.90. The van der Waals surface area contributed by atoms with Crippen molar-refractivity contribution in [2.24, 2.45) is 0 Å². The number of methoxy groups -OCH3 is 2. The molecule has 1 amide bonds. The molecule has 0 N–H and O–H groups in total. The first-order valence-electron chi connectivity index (χ1n) is 10.9. The first-order valence-corrected chi connectivity index (χ1v) is 10.9. The van der Waals surface area contributed by atoms with Crippen LogP contribution in [0, 0.1) is 0 Å². The summed E-state index contributed by atoms with van der Waals surface area (Å²) in [6.45, 7) is 5.75. The fourth-order valence-corrected chi connectivity index (χ4v) is 3.88. The third-order valence-electron chi connectivity index (χ3n) is 5.59. The van der Waals surface area contributed by atoms with E-state index in [-0.39, 0.29) is 5.91 Å². The van der Waals surface area contributed by atoms with Crippen LogP contribution in [0.3, 0.4) is 0 Å². The molecule has 1 aromatic heterocycles. The monoisotopic (exact) mass is 452 g/mol. The summed E-state index contributed by atoms with van der Waals surface area (Å²) in [6, 6.07) is 13.0. The van der Waals surface area contributed by atoms with Gasteiger partial charge in [0.2, 0.25) is 0 Å². The minimum absolute atomic E-state index is 0.0943. The Morgan fingerprint density at radius 1 is 0.970 bits per heavy atom. The van der Waals surface area contributed by atoms with E-state index in [1.54, 1.807) is 37.1 Å². The van der Waals surface area contributed by atoms with Gasteiger partial charge in [0.25, 0.3) is 5.91 Å². The van der Waals surface area contributed by atoms with E-state index in [9.17, 15) is 4.79 Å². The Morgan fingerprint density at radius 3 is 2.24 bits per heavy atom. The van der Waals surface area contributed by atoms with E-state index in [0.29, 0.717) is 56.4 Å². The predicted octanol–water partition coefficient (Wildman–Crippen LogP) is 2.04. The molecule has 4 rings (SSSR count). The van der Waals surface area contributed by atoms with E-state index in [1.165, 1.54) is 0 Å². The lowest BCUT2D eigenvalue weighted by molar-refractivity contribution is 0.0618. The molecule has 174 valence electrons. The van der Waals surface area contributed by atoms with Gasteiger partial charge in [-0.05, 0) is 53.7 Å². The van der Waals surface area contributed by atoms with Crippen molar-refractivity contribution in [2.75, 3.05) is 47.0 Å². The number of hydrogen-bond acceptors (Lipinski definition) is 8. The zero-order valence-corrected chi connectivity index (χ0v) is 19.1. The van der Waals surface area contributed by atoms with Crippen LogP contribution in [-0.2, 0) is 6.54 Å². The molecule has 0 saturated carbocycles. The third-order valence-corrected chi connectivity index (χ3v) is 5.59. The number of piperazine rings is 1. The second kappa shape index (κ2) is 10.3. The van der Waals surface area contributed by atoms with E-state index in [4.69, 9.17) is 14.2 Å². The second-order valence-electron chi connectivity index (χ2n) is 7.54. The maximum atomic E-state index is 13.2. The van der Waals surface area contributed by atoms with E-state index in [1.807, 2.05) is 36.1 Å². The Balaban J connectivity index is 1.40. The van der Waals surface area contributed by atoms with Gasteiger partial charge in [-0.2, -0.15) is 4.68 Å². The standard InChI is InChI=1S/C23H28N6O4/c1-4-33-18-10-8-17(9-11-18)29-21(24-25-26-29)16-27-12-14-28(15-13-27)23(30)22-19(31-2)6-5-7-20(22)32-3/h5-11H,4,12-16H2,1-3H3. The van der Waals surface area contributed by atoms with Crippen molar-refractivity contribution in [1.29, 1.82) is 0 Å². The Labute approximate surface area is 192 Å². The molecule has 2 aromatic carbocycles. The van der Waals surface area contributed by atoms with Gasteiger partial charge in [-0.1, -0.05) is 6.07 Å². The minimum Gasteiger partial charge on any atom is -0.496 e. The molecule has 0 bridgehead atoms. The number of benzene rings is 2. The zero-order valence-electron chi connectivity index (χ0n) is 19.1. The number of rotatable bonds is 8. The van der Waals surface area contributed by atoms with Crippen LogP contribution in [0.15, 0.2) is 42.5 Å². The lowest BCUT2D eigenvalue weighted by Crippen LogP contribution is -2.48. The normalized spacial score (nSPS) is 14.2. The Kier molecular flexibility index (Phi) is 7.04. The van der Waals surface area contributed by atoms with Gasteiger partial charge >= 0.3 is 0 Å². The number of amides is 1. The van der Waals surface area contributed by atoms with E-state index >= 15 is 0 Å². The zero-order chi connectivity index (χ0) is 23.2. The van der Waals surface area contributed by atoms with Crippen molar-refractivity contribution in [3.8, 4) is 22.9 Å². The molecule has 0 spiro atoms. The number of carbonyl (C=O) groups excluding carboxylic acids is 1. The van der Waals surface area contributed by atoms with Gasteiger partial charge in [-0.15, -0.1) is 5.10 Å². The van der Waals surface area contributed by atoms with Crippen molar-refractivity contribution in [3.05, 3.63) is 53.9 Å². The molecule has 1 saturated heterocycles. The Bertz CT molecular complexity index is 1050. The van der Waals surface area contributed by atoms with Gasteiger partial charge in [0.1, 0.15) is 22.8 Å². The molecule has 0 atom stereocenters.